The van der Waals surface area contributed by atoms with Crippen molar-refractivity contribution in [2.75, 3.05) is 13.1 Å². The van der Waals surface area contributed by atoms with E-state index >= 15 is 0 Å². The van der Waals surface area contributed by atoms with Crippen molar-refractivity contribution in [1.29, 1.82) is 0 Å². The van der Waals surface area contributed by atoms with Crippen molar-refractivity contribution in [3.63, 3.8) is 0 Å². The lowest BCUT2D eigenvalue weighted by molar-refractivity contribution is 0.0918. The number of benzene rings is 1. The summed E-state index contributed by atoms with van der Waals surface area (Å²) in [5.74, 6) is -0.418. The van der Waals surface area contributed by atoms with Crippen LogP contribution in [0.1, 0.15) is 48.4 Å². The van der Waals surface area contributed by atoms with Gasteiger partial charge in [0.15, 0.2) is 0 Å². The Balaban J connectivity index is 2.61. The standard InChI is InChI=1S/C16H24N2O3/c1-11(19)9-17-14(20)12-5-7-13(8-6-12)15(21)18-10-16(2,3)4/h5-8,11,19H,9-10H2,1-4H3,(H,17,20)(H,18,21). The van der Waals surface area contributed by atoms with Crippen molar-refractivity contribution in [2.24, 2.45) is 5.41 Å². The Morgan fingerprint density at radius 1 is 1.05 bits per heavy atom. The Labute approximate surface area is 125 Å². The number of carbonyl (C=O) groups is 2. The third-order valence-corrected chi connectivity index (χ3v) is 2.75. The number of rotatable bonds is 5. The van der Waals surface area contributed by atoms with E-state index in [0.717, 1.165) is 0 Å². The van der Waals surface area contributed by atoms with Gasteiger partial charge in [-0.25, -0.2) is 0 Å². The van der Waals surface area contributed by atoms with E-state index in [1.54, 1.807) is 31.2 Å². The fourth-order valence-corrected chi connectivity index (χ4v) is 1.56. The molecule has 0 radical (unpaired) electrons. The predicted molar refractivity (Wildman–Crippen MR) is 82.2 cm³/mol. The minimum atomic E-state index is -0.587. The van der Waals surface area contributed by atoms with Crippen molar-refractivity contribution in [1.82, 2.24) is 10.6 Å². The van der Waals surface area contributed by atoms with Gasteiger partial charge in [-0.1, -0.05) is 20.8 Å². The summed E-state index contributed by atoms with van der Waals surface area (Å²) in [5, 5.41) is 14.6. The fraction of sp³-hybridized carbons (Fsp3) is 0.500. The molecule has 0 aliphatic heterocycles. The first kappa shape index (κ1) is 17.2. The SMILES string of the molecule is CC(O)CNC(=O)c1ccc(C(=O)NCC(C)(C)C)cc1. The molecule has 0 aliphatic carbocycles. The van der Waals surface area contributed by atoms with Crippen LogP contribution in [0.2, 0.25) is 0 Å². The molecule has 0 spiro atoms. The number of aliphatic hydroxyl groups is 1. The summed E-state index contributed by atoms with van der Waals surface area (Å²) in [4.78, 5) is 23.7. The van der Waals surface area contributed by atoms with Crippen molar-refractivity contribution in [3.05, 3.63) is 35.4 Å². The van der Waals surface area contributed by atoms with Gasteiger partial charge in [-0.3, -0.25) is 9.59 Å². The Morgan fingerprint density at radius 3 is 1.86 bits per heavy atom. The van der Waals surface area contributed by atoms with Gasteiger partial charge in [-0.15, -0.1) is 0 Å². The fourth-order valence-electron chi connectivity index (χ4n) is 1.56. The molecule has 0 aliphatic rings. The monoisotopic (exact) mass is 292 g/mol. The van der Waals surface area contributed by atoms with Crippen LogP contribution >= 0.6 is 0 Å². The number of amides is 2. The summed E-state index contributed by atoms with van der Waals surface area (Å²) >= 11 is 0. The topological polar surface area (TPSA) is 78.4 Å². The van der Waals surface area contributed by atoms with E-state index in [-0.39, 0.29) is 23.8 Å². The molecular weight excluding hydrogens is 268 g/mol. The molecule has 5 nitrogen and oxygen atoms in total. The van der Waals surface area contributed by atoms with Crippen molar-refractivity contribution < 1.29 is 14.7 Å². The number of carbonyl (C=O) groups excluding carboxylic acids is 2. The molecule has 1 unspecified atom stereocenters. The van der Waals surface area contributed by atoms with Crippen LogP contribution in [0.3, 0.4) is 0 Å². The van der Waals surface area contributed by atoms with Crippen LogP contribution in [-0.4, -0.2) is 36.1 Å². The van der Waals surface area contributed by atoms with Crippen molar-refractivity contribution in [2.45, 2.75) is 33.8 Å². The van der Waals surface area contributed by atoms with Gasteiger partial charge in [0.05, 0.1) is 6.10 Å². The van der Waals surface area contributed by atoms with E-state index in [0.29, 0.717) is 17.7 Å². The van der Waals surface area contributed by atoms with Crippen molar-refractivity contribution in [3.8, 4) is 0 Å². The van der Waals surface area contributed by atoms with E-state index in [4.69, 9.17) is 5.11 Å². The average molecular weight is 292 g/mol. The highest BCUT2D eigenvalue weighted by atomic mass is 16.3. The lowest BCUT2D eigenvalue weighted by atomic mass is 9.97. The molecule has 1 aromatic rings. The molecule has 116 valence electrons. The Bertz CT molecular complexity index is 487. The normalized spacial score (nSPS) is 12.6. The molecule has 0 aromatic heterocycles. The van der Waals surface area contributed by atoms with Crippen molar-refractivity contribution >= 4 is 11.8 Å². The molecule has 0 bridgehead atoms. The number of nitrogens with one attached hydrogen (secondary N) is 2. The van der Waals surface area contributed by atoms with Gasteiger partial charge in [0.25, 0.3) is 11.8 Å². The molecule has 0 saturated carbocycles. The number of aliphatic hydroxyl groups excluding tert-OH is 1. The molecule has 1 atom stereocenters. The third-order valence-electron chi connectivity index (χ3n) is 2.75. The van der Waals surface area contributed by atoms with Gasteiger partial charge in [0.2, 0.25) is 0 Å². The van der Waals surface area contributed by atoms with Gasteiger partial charge in [-0.05, 0) is 36.6 Å². The van der Waals surface area contributed by atoms with Crippen LogP contribution in [0.5, 0.6) is 0 Å². The molecule has 3 N–H and O–H groups in total. The van der Waals surface area contributed by atoms with E-state index < -0.39 is 6.10 Å². The zero-order valence-electron chi connectivity index (χ0n) is 13.1. The quantitative estimate of drug-likeness (QED) is 0.771. The smallest absolute Gasteiger partial charge is 0.251 e. The van der Waals surface area contributed by atoms with Gasteiger partial charge < -0.3 is 15.7 Å². The highest BCUT2D eigenvalue weighted by Gasteiger charge is 2.13. The lowest BCUT2D eigenvalue weighted by Crippen LogP contribution is -2.32. The van der Waals surface area contributed by atoms with E-state index in [9.17, 15) is 9.59 Å². The zero-order valence-corrected chi connectivity index (χ0v) is 13.1. The van der Waals surface area contributed by atoms with Crippen LogP contribution in [0, 0.1) is 5.41 Å². The maximum absolute atomic E-state index is 11.9. The maximum Gasteiger partial charge on any atom is 0.251 e. The Kier molecular flexibility index (Phi) is 5.90. The van der Waals surface area contributed by atoms with Gasteiger partial charge >= 0.3 is 0 Å². The van der Waals surface area contributed by atoms with E-state index in [1.165, 1.54) is 0 Å². The molecule has 2 amide bonds. The highest BCUT2D eigenvalue weighted by molar-refractivity contribution is 5.97. The molecular formula is C16H24N2O3. The number of hydrogen-bond donors (Lipinski definition) is 3. The second-order valence-electron chi connectivity index (χ2n) is 6.38. The van der Waals surface area contributed by atoms with Crippen LogP contribution < -0.4 is 10.6 Å². The van der Waals surface area contributed by atoms with E-state index in [2.05, 4.69) is 10.6 Å². The van der Waals surface area contributed by atoms with Crippen LogP contribution in [0.15, 0.2) is 24.3 Å². The Morgan fingerprint density at radius 2 is 1.48 bits per heavy atom. The van der Waals surface area contributed by atoms with Gasteiger partial charge in [-0.2, -0.15) is 0 Å². The molecule has 0 saturated heterocycles. The minimum absolute atomic E-state index is 0.0243. The minimum Gasteiger partial charge on any atom is -0.392 e. The molecule has 21 heavy (non-hydrogen) atoms. The molecule has 5 heteroatoms. The first-order chi connectivity index (χ1) is 9.69. The lowest BCUT2D eigenvalue weighted by Gasteiger charge is -2.18. The summed E-state index contributed by atoms with van der Waals surface area (Å²) in [6, 6.07) is 6.44. The van der Waals surface area contributed by atoms with Crippen LogP contribution in [0.4, 0.5) is 0 Å². The number of hydrogen-bond acceptors (Lipinski definition) is 3. The zero-order chi connectivity index (χ0) is 16.0. The summed E-state index contributed by atoms with van der Waals surface area (Å²) in [7, 11) is 0. The van der Waals surface area contributed by atoms with Crippen LogP contribution in [0.25, 0.3) is 0 Å². The maximum atomic E-state index is 11.9. The second kappa shape index (κ2) is 7.22. The highest BCUT2D eigenvalue weighted by Crippen LogP contribution is 2.11. The van der Waals surface area contributed by atoms with E-state index in [1.807, 2.05) is 20.8 Å². The third kappa shape index (κ3) is 6.40. The van der Waals surface area contributed by atoms with Gasteiger partial charge in [0, 0.05) is 24.2 Å². The molecule has 0 fully saturated rings. The molecule has 0 heterocycles. The Hall–Kier alpha value is -1.88. The summed E-state index contributed by atoms with van der Waals surface area (Å²) in [5.41, 5.74) is 1.01. The first-order valence-electron chi connectivity index (χ1n) is 7.03. The van der Waals surface area contributed by atoms with Crippen LogP contribution in [-0.2, 0) is 0 Å². The average Bonchev–Trinajstić information content (AvgIpc) is 2.41. The molecule has 1 aromatic carbocycles. The van der Waals surface area contributed by atoms with Gasteiger partial charge in [0.1, 0.15) is 0 Å². The first-order valence-corrected chi connectivity index (χ1v) is 7.03. The summed E-state index contributed by atoms with van der Waals surface area (Å²) in [6.07, 6.45) is -0.587. The largest absolute Gasteiger partial charge is 0.392 e. The summed E-state index contributed by atoms with van der Waals surface area (Å²) < 4.78 is 0. The second-order valence-corrected chi connectivity index (χ2v) is 6.38. The molecule has 1 rings (SSSR count). The summed E-state index contributed by atoms with van der Waals surface area (Å²) in [6.45, 7) is 8.52. The predicted octanol–water partition coefficient (Wildman–Crippen LogP) is 1.57.